The molecule has 0 saturated carbocycles. The minimum absolute atomic E-state index is 0.164. The first-order valence-corrected chi connectivity index (χ1v) is 7.69. The lowest BCUT2D eigenvalue weighted by Gasteiger charge is -2.39. The number of nitrogens with zero attached hydrogens (tertiary/aromatic N) is 1. The summed E-state index contributed by atoms with van der Waals surface area (Å²) in [6.07, 6.45) is 1.73. The molecular weight excluding hydrogens is 259 g/mol. The van der Waals surface area contributed by atoms with Gasteiger partial charge in [-0.2, -0.15) is 0 Å². The van der Waals surface area contributed by atoms with Crippen LogP contribution >= 0.6 is 0 Å². The van der Waals surface area contributed by atoms with E-state index in [1.807, 2.05) is 20.8 Å². The number of nitrogens with one attached hydrogen (secondary N) is 1. The van der Waals surface area contributed by atoms with Crippen LogP contribution < -0.4 is 5.32 Å². The summed E-state index contributed by atoms with van der Waals surface area (Å²) in [5, 5.41) is 3.10. The van der Waals surface area contributed by atoms with E-state index in [9.17, 15) is 9.18 Å². The van der Waals surface area contributed by atoms with Crippen molar-refractivity contribution in [3.8, 4) is 0 Å². The third kappa shape index (κ3) is 4.08. The number of carbonyl (C=O) groups is 1. The van der Waals surface area contributed by atoms with Gasteiger partial charge in [-0.15, -0.1) is 0 Å². The molecule has 2 fully saturated rings. The number of rotatable bonds is 1. The molecule has 2 unspecified atom stereocenters. The van der Waals surface area contributed by atoms with Crippen molar-refractivity contribution in [2.24, 2.45) is 11.8 Å². The molecule has 2 saturated heterocycles. The van der Waals surface area contributed by atoms with Crippen LogP contribution in [0.1, 0.15) is 40.0 Å². The zero-order chi connectivity index (χ0) is 14.8. The standard InChI is InChI=1S/C15H27FN2O2/c1-15(2,3)20-14(19)18-8-5-11(6-9-18)12-4-7-17-10-13(12)16/h11-13,17H,4-10H2,1-3H3. The predicted molar refractivity (Wildman–Crippen MR) is 76.4 cm³/mol. The molecule has 0 aromatic rings. The quantitative estimate of drug-likeness (QED) is 0.805. The molecular formula is C15H27FN2O2. The molecule has 2 rings (SSSR count). The van der Waals surface area contributed by atoms with Crippen molar-refractivity contribution in [3.63, 3.8) is 0 Å². The number of hydrogen-bond donors (Lipinski definition) is 1. The minimum atomic E-state index is -0.734. The summed E-state index contributed by atoms with van der Waals surface area (Å²) in [5.41, 5.74) is -0.451. The number of alkyl halides is 1. The number of hydrogen-bond acceptors (Lipinski definition) is 3. The third-order valence-electron chi connectivity index (χ3n) is 4.26. The largest absolute Gasteiger partial charge is 0.444 e. The molecule has 0 spiro atoms. The second kappa shape index (κ2) is 6.29. The first kappa shape index (κ1) is 15.5. The van der Waals surface area contributed by atoms with Crippen LogP contribution in [0.25, 0.3) is 0 Å². The second-order valence-electron chi connectivity index (χ2n) is 6.98. The van der Waals surface area contributed by atoms with Crippen LogP contribution in [0.4, 0.5) is 9.18 Å². The van der Waals surface area contributed by atoms with Gasteiger partial charge in [-0.1, -0.05) is 0 Å². The van der Waals surface area contributed by atoms with E-state index in [0.29, 0.717) is 25.6 Å². The Balaban J connectivity index is 1.81. The fourth-order valence-electron chi connectivity index (χ4n) is 3.21. The number of ether oxygens (including phenoxy) is 1. The Kier molecular flexibility index (Phi) is 4.89. The Morgan fingerprint density at radius 1 is 1.25 bits per heavy atom. The van der Waals surface area contributed by atoms with Gasteiger partial charge in [0, 0.05) is 19.6 Å². The Morgan fingerprint density at radius 2 is 1.90 bits per heavy atom. The van der Waals surface area contributed by atoms with Gasteiger partial charge in [0.05, 0.1) is 0 Å². The van der Waals surface area contributed by atoms with Gasteiger partial charge < -0.3 is 15.0 Å². The van der Waals surface area contributed by atoms with Crippen LogP contribution in [-0.2, 0) is 4.74 Å². The molecule has 0 aromatic heterocycles. The first-order valence-electron chi connectivity index (χ1n) is 7.69. The average molecular weight is 286 g/mol. The molecule has 0 aliphatic carbocycles. The maximum Gasteiger partial charge on any atom is 0.410 e. The summed E-state index contributed by atoms with van der Waals surface area (Å²) in [4.78, 5) is 13.7. The Labute approximate surface area is 121 Å². The highest BCUT2D eigenvalue weighted by Gasteiger charge is 2.35. The van der Waals surface area contributed by atoms with Crippen molar-refractivity contribution in [2.45, 2.75) is 51.8 Å². The van der Waals surface area contributed by atoms with E-state index in [2.05, 4.69) is 5.32 Å². The summed E-state index contributed by atoms with van der Waals surface area (Å²) in [7, 11) is 0. The zero-order valence-electron chi connectivity index (χ0n) is 12.8. The molecule has 2 aliphatic rings. The number of amides is 1. The van der Waals surface area contributed by atoms with Gasteiger partial charge in [-0.3, -0.25) is 0 Å². The van der Waals surface area contributed by atoms with Crippen LogP contribution in [0.15, 0.2) is 0 Å². The molecule has 2 atom stereocenters. The van der Waals surface area contributed by atoms with Crippen molar-refractivity contribution >= 4 is 6.09 Å². The van der Waals surface area contributed by atoms with Crippen LogP contribution in [0.5, 0.6) is 0 Å². The summed E-state index contributed by atoms with van der Waals surface area (Å²) >= 11 is 0. The Morgan fingerprint density at radius 3 is 2.45 bits per heavy atom. The molecule has 1 N–H and O–H groups in total. The highest BCUT2D eigenvalue weighted by Crippen LogP contribution is 2.32. The van der Waals surface area contributed by atoms with E-state index >= 15 is 0 Å². The Hall–Kier alpha value is -0.840. The molecule has 5 heteroatoms. The van der Waals surface area contributed by atoms with E-state index in [1.165, 1.54) is 0 Å². The van der Waals surface area contributed by atoms with Gasteiger partial charge >= 0.3 is 6.09 Å². The monoisotopic (exact) mass is 286 g/mol. The third-order valence-corrected chi connectivity index (χ3v) is 4.26. The number of carbonyl (C=O) groups excluding carboxylic acids is 1. The van der Waals surface area contributed by atoms with Crippen molar-refractivity contribution in [1.29, 1.82) is 0 Å². The minimum Gasteiger partial charge on any atom is -0.444 e. The molecule has 20 heavy (non-hydrogen) atoms. The van der Waals surface area contributed by atoms with Crippen LogP contribution in [0.3, 0.4) is 0 Å². The van der Waals surface area contributed by atoms with Gasteiger partial charge in [0.2, 0.25) is 0 Å². The van der Waals surface area contributed by atoms with Crippen LogP contribution in [0, 0.1) is 11.8 Å². The molecule has 4 nitrogen and oxygen atoms in total. The molecule has 0 radical (unpaired) electrons. The van der Waals surface area contributed by atoms with Crippen LogP contribution in [0.2, 0.25) is 0 Å². The lowest BCUT2D eigenvalue weighted by Crippen LogP contribution is -2.47. The molecule has 2 heterocycles. The molecule has 0 bridgehead atoms. The molecule has 2 aliphatic heterocycles. The summed E-state index contributed by atoms with van der Waals surface area (Å²) < 4.78 is 19.3. The van der Waals surface area contributed by atoms with Crippen molar-refractivity contribution in [1.82, 2.24) is 10.2 Å². The summed E-state index contributed by atoms with van der Waals surface area (Å²) in [5.74, 6) is 0.572. The maximum atomic E-state index is 13.9. The fourth-order valence-corrected chi connectivity index (χ4v) is 3.21. The zero-order valence-corrected chi connectivity index (χ0v) is 12.8. The maximum absolute atomic E-state index is 13.9. The fraction of sp³-hybridized carbons (Fsp3) is 0.933. The SMILES string of the molecule is CC(C)(C)OC(=O)N1CCC(C2CCNCC2F)CC1. The lowest BCUT2D eigenvalue weighted by molar-refractivity contribution is 0.0112. The Bertz CT molecular complexity index is 335. The van der Waals surface area contributed by atoms with Crippen molar-refractivity contribution in [2.75, 3.05) is 26.2 Å². The van der Waals surface area contributed by atoms with Crippen LogP contribution in [-0.4, -0.2) is 48.9 Å². The number of piperidine rings is 2. The predicted octanol–water partition coefficient (Wildman–Crippen LogP) is 2.58. The number of halogens is 1. The van der Waals surface area contributed by atoms with Gasteiger partial charge in [-0.05, 0) is 58.4 Å². The molecule has 116 valence electrons. The highest BCUT2D eigenvalue weighted by atomic mass is 19.1. The van der Waals surface area contributed by atoms with E-state index in [-0.39, 0.29) is 12.0 Å². The topological polar surface area (TPSA) is 41.6 Å². The van der Waals surface area contributed by atoms with Crippen molar-refractivity contribution in [3.05, 3.63) is 0 Å². The van der Waals surface area contributed by atoms with Crippen molar-refractivity contribution < 1.29 is 13.9 Å². The van der Waals surface area contributed by atoms with E-state index in [0.717, 1.165) is 25.8 Å². The van der Waals surface area contributed by atoms with E-state index in [4.69, 9.17) is 4.74 Å². The first-order chi connectivity index (χ1) is 9.37. The summed E-state index contributed by atoms with van der Waals surface area (Å²) in [6, 6.07) is 0. The van der Waals surface area contributed by atoms with Gasteiger partial charge in [0.1, 0.15) is 11.8 Å². The molecule has 1 amide bonds. The van der Waals surface area contributed by atoms with Gasteiger partial charge in [-0.25, -0.2) is 9.18 Å². The van der Waals surface area contributed by atoms with Gasteiger partial charge in [0.25, 0.3) is 0 Å². The number of likely N-dealkylation sites (tertiary alicyclic amines) is 1. The smallest absolute Gasteiger partial charge is 0.410 e. The van der Waals surface area contributed by atoms with Gasteiger partial charge in [0.15, 0.2) is 0 Å². The van der Waals surface area contributed by atoms with E-state index in [1.54, 1.807) is 4.90 Å². The average Bonchev–Trinajstić information content (AvgIpc) is 2.37. The highest BCUT2D eigenvalue weighted by molar-refractivity contribution is 5.68. The van der Waals surface area contributed by atoms with E-state index < -0.39 is 11.8 Å². The molecule has 0 aromatic carbocycles. The lowest BCUT2D eigenvalue weighted by atomic mass is 9.78. The normalized spacial score (nSPS) is 29.3. The summed E-state index contributed by atoms with van der Waals surface area (Å²) in [6.45, 7) is 8.40. The second-order valence-corrected chi connectivity index (χ2v) is 6.98.